The Balaban J connectivity index is 1.98. The van der Waals surface area contributed by atoms with Gasteiger partial charge in [-0.1, -0.05) is 6.92 Å². The Bertz CT molecular complexity index is 357. The normalized spacial score (nSPS) is 25.4. The predicted molar refractivity (Wildman–Crippen MR) is 61.4 cm³/mol. The fraction of sp³-hybridized carbons (Fsp3) is 0.538. The van der Waals surface area contributed by atoms with Crippen molar-refractivity contribution in [2.45, 2.75) is 38.6 Å². The number of nitrogens with one attached hydrogen (secondary N) is 1. The second-order valence-electron chi connectivity index (χ2n) is 4.73. The molecule has 1 aliphatic rings. The second-order valence-corrected chi connectivity index (χ2v) is 4.73. The fourth-order valence-corrected chi connectivity index (χ4v) is 2.23. The van der Waals surface area contributed by atoms with Gasteiger partial charge in [0.15, 0.2) is 0 Å². The highest BCUT2D eigenvalue weighted by molar-refractivity contribution is 5.45. The van der Waals surface area contributed by atoms with E-state index in [2.05, 4.69) is 12.2 Å². The Morgan fingerprint density at radius 3 is 2.44 bits per heavy atom. The summed E-state index contributed by atoms with van der Waals surface area (Å²) in [5.74, 6) is -0.255. The molecule has 1 aromatic carbocycles. The van der Waals surface area contributed by atoms with E-state index >= 15 is 0 Å². The van der Waals surface area contributed by atoms with Crippen molar-refractivity contribution in [1.29, 1.82) is 0 Å². The molecule has 0 heterocycles. The number of hydrogen-bond acceptors (Lipinski definition) is 1. The molecule has 0 aromatic heterocycles. The lowest BCUT2D eigenvalue weighted by molar-refractivity contribution is 0.360. The second kappa shape index (κ2) is 4.81. The molecule has 1 aromatic rings. The van der Waals surface area contributed by atoms with Gasteiger partial charge in [-0.2, -0.15) is 0 Å². The van der Waals surface area contributed by atoms with Crippen LogP contribution in [0.5, 0.6) is 0 Å². The average Bonchev–Trinajstić information content (AvgIpc) is 2.25. The van der Waals surface area contributed by atoms with Crippen molar-refractivity contribution in [2.24, 2.45) is 5.92 Å². The molecule has 1 fully saturated rings. The van der Waals surface area contributed by atoms with Crippen molar-refractivity contribution in [3.05, 3.63) is 29.8 Å². The van der Waals surface area contributed by atoms with Crippen LogP contribution in [0.3, 0.4) is 0 Å². The van der Waals surface area contributed by atoms with Gasteiger partial charge >= 0.3 is 0 Å². The van der Waals surface area contributed by atoms with Crippen LogP contribution in [0.25, 0.3) is 0 Å². The molecule has 0 unspecified atom stereocenters. The summed E-state index contributed by atoms with van der Waals surface area (Å²) >= 11 is 0. The van der Waals surface area contributed by atoms with Gasteiger partial charge in [-0.25, -0.2) is 8.78 Å². The van der Waals surface area contributed by atoms with Crippen LogP contribution in [-0.4, -0.2) is 6.04 Å². The molecule has 88 valence electrons. The molecule has 0 amide bonds. The van der Waals surface area contributed by atoms with Gasteiger partial charge in [0, 0.05) is 12.1 Å². The van der Waals surface area contributed by atoms with E-state index in [1.54, 1.807) is 0 Å². The number of anilines is 1. The Hall–Kier alpha value is -1.12. The van der Waals surface area contributed by atoms with Gasteiger partial charge in [-0.15, -0.1) is 0 Å². The van der Waals surface area contributed by atoms with E-state index in [1.165, 1.54) is 25.0 Å². The third-order valence-corrected chi connectivity index (χ3v) is 3.31. The molecule has 1 aliphatic carbocycles. The number of hydrogen-bond donors (Lipinski definition) is 1. The zero-order valence-corrected chi connectivity index (χ0v) is 9.47. The van der Waals surface area contributed by atoms with Crippen LogP contribution in [-0.2, 0) is 0 Å². The van der Waals surface area contributed by atoms with Crippen LogP contribution in [0, 0.1) is 17.6 Å². The molecule has 1 saturated carbocycles. The van der Waals surface area contributed by atoms with Crippen molar-refractivity contribution in [3.63, 3.8) is 0 Å². The molecule has 1 nitrogen and oxygen atoms in total. The molecule has 0 radical (unpaired) electrons. The average molecular weight is 225 g/mol. The lowest BCUT2D eigenvalue weighted by Crippen LogP contribution is -2.25. The minimum Gasteiger partial charge on any atom is -0.380 e. The zero-order valence-electron chi connectivity index (χ0n) is 9.47. The molecule has 0 spiro atoms. The summed E-state index contributed by atoms with van der Waals surface area (Å²) in [4.78, 5) is 0. The summed E-state index contributed by atoms with van der Waals surface area (Å²) in [7, 11) is 0. The van der Waals surface area contributed by atoms with Gasteiger partial charge in [-0.05, 0) is 43.7 Å². The van der Waals surface area contributed by atoms with Gasteiger partial charge in [0.2, 0.25) is 0 Å². The van der Waals surface area contributed by atoms with Crippen LogP contribution in [0.1, 0.15) is 32.6 Å². The van der Waals surface area contributed by atoms with Crippen molar-refractivity contribution >= 4 is 5.69 Å². The molecule has 0 saturated heterocycles. The van der Waals surface area contributed by atoms with Crippen LogP contribution in [0.15, 0.2) is 18.2 Å². The molecular formula is C13H17F2N. The van der Waals surface area contributed by atoms with Gasteiger partial charge in [0.25, 0.3) is 0 Å². The van der Waals surface area contributed by atoms with E-state index in [4.69, 9.17) is 0 Å². The van der Waals surface area contributed by atoms with Crippen molar-refractivity contribution in [3.8, 4) is 0 Å². The third kappa shape index (κ3) is 2.71. The molecule has 2 rings (SSSR count). The van der Waals surface area contributed by atoms with Crippen LogP contribution in [0.2, 0.25) is 0 Å². The molecule has 1 N–H and O–H groups in total. The first-order chi connectivity index (χ1) is 7.65. The fourth-order valence-electron chi connectivity index (χ4n) is 2.23. The Morgan fingerprint density at radius 2 is 1.81 bits per heavy atom. The summed E-state index contributed by atoms with van der Waals surface area (Å²) in [5.41, 5.74) is 0.418. The van der Waals surface area contributed by atoms with E-state index in [0.717, 1.165) is 24.8 Å². The van der Waals surface area contributed by atoms with Gasteiger partial charge in [-0.3, -0.25) is 0 Å². The standard InChI is InChI=1S/C13H17F2N/c1-9-2-5-11(6-3-9)16-13-7-4-10(14)8-12(13)15/h4,7-9,11,16H,2-3,5-6H2,1H3. The van der Waals surface area contributed by atoms with Crippen LogP contribution >= 0.6 is 0 Å². The van der Waals surface area contributed by atoms with E-state index in [0.29, 0.717) is 11.7 Å². The lowest BCUT2D eigenvalue weighted by atomic mass is 9.87. The van der Waals surface area contributed by atoms with E-state index in [9.17, 15) is 8.78 Å². The first kappa shape index (κ1) is 11.4. The van der Waals surface area contributed by atoms with Crippen molar-refractivity contribution < 1.29 is 8.78 Å². The number of halogens is 2. The Morgan fingerprint density at radius 1 is 1.12 bits per heavy atom. The topological polar surface area (TPSA) is 12.0 Å². The van der Waals surface area contributed by atoms with Gasteiger partial charge in [0.1, 0.15) is 11.6 Å². The molecule has 16 heavy (non-hydrogen) atoms. The van der Waals surface area contributed by atoms with Crippen LogP contribution < -0.4 is 5.32 Å². The Kier molecular flexibility index (Phi) is 3.42. The summed E-state index contributed by atoms with van der Waals surface area (Å²) in [5, 5.41) is 3.16. The maximum absolute atomic E-state index is 13.4. The first-order valence-electron chi connectivity index (χ1n) is 5.87. The monoisotopic (exact) mass is 225 g/mol. The van der Waals surface area contributed by atoms with E-state index in [1.807, 2.05) is 0 Å². The number of rotatable bonds is 2. The quantitative estimate of drug-likeness (QED) is 0.803. The molecule has 0 atom stereocenters. The highest BCUT2D eigenvalue weighted by atomic mass is 19.1. The first-order valence-corrected chi connectivity index (χ1v) is 5.87. The minimum absolute atomic E-state index is 0.330. The number of benzene rings is 1. The zero-order chi connectivity index (χ0) is 11.5. The summed E-state index contributed by atoms with van der Waals surface area (Å²) < 4.78 is 26.1. The molecule has 0 bridgehead atoms. The Labute approximate surface area is 94.9 Å². The smallest absolute Gasteiger partial charge is 0.149 e. The molecule has 0 aliphatic heterocycles. The summed E-state index contributed by atoms with van der Waals surface area (Å²) in [6.07, 6.45) is 4.50. The summed E-state index contributed by atoms with van der Waals surface area (Å²) in [6.45, 7) is 2.24. The van der Waals surface area contributed by atoms with E-state index in [-0.39, 0.29) is 0 Å². The highest BCUT2D eigenvalue weighted by Crippen LogP contribution is 2.27. The predicted octanol–water partition coefficient (Wildman–Crippen LogP) is 3.96. The van der Waals surface area contributed by atoms with Crippen molar-refractivity contribution in [2.75, 3.05) is 5.32 Å². The molecular weight excluding hydrogens is 208 g/mol. The van der Waals surface area contributed by atoms with Gasteiger partial charge < -0.3 is 5.32 Å². The maximum Gasteiger partial charge on any atom is 0.149 e. The minimum atomic E-state index is -0.527. The van der Waals surface area contributed by atoms with Crippen molar-refractivity contribution in [1.82, 2.24) is 0 Å². The van der Waals surface area contributed by atoms with Gasteiger partial charge in [0.05, 0.1) is 5.69 Å². The largest absolute Gasteiger partial charge is 0.380 e. The highest BCUT2D eigenvalue weighted by Gasteiger charge is 2.18. The van der Waals surface area contributed by atoms with E-state index < -0.39 is 11.6 Å². The third-order valence-electron chi connectivity index (χ3n) is 3.31. The summed E-state index contributed by atoms with van der Waals surface area (Å²) in [6, 6.07) is 4.02. The van der Waals surface area contributed by atoms with Crippen LogP contribution in [0.4, 0.5) is 14.5 Å². The maximum atomic E-state index is 13.4. The SMILES string of the molecule is CC1CCC(Nc2ccc(F)cc2F)CC1. The molecule has 3 heteroatoms. The lowest BCUT2D eigenvalue weighted by Gasteiger charge is -2.27.